The third-order valence-electron chi connectivity index (χ3n) is 3.51. The lowest BCUT2D eigenvalue weighted by Gasteiger charge is -2.39. The van der Waals surface area contributed by atoms with Crippen molar-refractivity contribution < 1.29 is 14.3 Å². The molecule has 1 saturated heterocycles. The maximum Gasteiger partial charge on any atom is 0.321 e. The van der Waals surface area contributed by atoms with Gasteiger partial charge < -0.3 is 9.47 Å². The van der Waals surface area contributed by atoms with Crippen LogP contribution < -0.4 is 0 Å². The van der Waals surface area contributed by atoms with Crippen LogP contribution in [0.4, 0.5) is 0 Å². The van der Waals surface area contributed by atoms with E-state index in [0.29, 0.717) is 25.7 Å². The highest BCUT2D eigenvalue weighted by Crippen LogP contribution is 2.34. The van der Waals surface area contributed by atoms with Crippen molar-refractivity contribution >= 4 is 5.97 Å². The van der Waals surface area contributed by atoms with Crippen molar-refractivity contribution in [3.05, 3.63) is 35.4 Å². The minimum atomic E-state index is -0.577. The number of carbonyl (C=O) groups excluding carboxylic acids is 1. The predicted octanol–water partition coefficient (Wildman–Crippen LogP) is 2.72. The van der Waals surface area contributed by atoms with Gasteiger partial charge in [0, 0.05) is 0 Å². The third-order valence-corrected chi connectivity index (χ3v) is 3.51. The fraction of sp³-hybridized carbons (Fsp3) is 0.562. The lowest BCUT2D eigenvalue weighted by Crippen LogP contribution is -2.53. The van der Waals surface area contributed by atoms with Crippen LogP contribution in [0.5, 0.6) is 0 Å². The topological polar surface area (TPSA) is 35.5 Å². The maximum atomic E-state index is 12.1. The molecular formula is C16H22O3. The third kappa shape index (κ3) is 2.81. The molecule has 1 aliphatic heterocycles. The summed E-state index contributed by atoms with van der Waals surface area (Å²) < 4.78 is 10.4. The molecule has 1 aliphatic rings. The fourth-order valence-electron chi connectivity index (χ4n) is 2.41. The Balaban J connectivity index is 2.17. The molecule has 0 radical (unpaired) electrons. The summed E-state index contributed by atoms with van der Waals surface area (Å²) in [5.74, 6) is 0.467. The average Bonchev–Trinajstić information content (AvgIpc) is 2.29. The van der Waals surface area contributed by atoms with E-state index in [1.807, 2.05) is 19.1 Å². The maximum absolute atomic E-state index is 12.1. The zero-order valence-corrected chi connectivity index (χ0v) is 11.9. The highest BCUT2D eigenvalue weighted by atomic mass is 16.6. The molecule has 0 aromatic heterocycles. The van der Waals surface area contributed by atoms with Gasteiger partial charge in [0.1, 0.15) is 5.41 Å². The molecule has 0 unspecified atom stereocenters. The normalized spacial score (nSPS) is 17.1. The summed E-state index contributed by atoms with van der Waals surface area (Å²) in [7, 11) is 0. The SMILES string of the molecule is CCOC(=O)C1(c2ccc(CC(C)C)cc2)COC1. The summed E-state index contributed by atoms with van der Waals surface area (Å²) in [4.78, 5) is 12.1. The molecular weight excluding hydrogens is 240 g/mol. The number of carbonyl (C=O) groups is 1. The van der Waals surface area contributed by atoms with Crippen LogP contribution >= 0.6 is 0 Å². The van der Waals surface area contributed by atoms with Crippen molar-refractivity contribution in [1.29, 1.82) is 0 Å². The fourth-order valence-corrected chi connectivity index (χ4v) is 2.41. The summed E-state index contributed by atoms with van der Waals surface area (Å²) in [6.45, 7) is 7.50. The Labute approximate surface area is 114 Å². The molecule has 0 amide bonds. The summed E-state index contributed by atoms with van der Waals surface area (Å²) in [6.07, 6.45) is 1.06. The van der Waals surface area contributed by atoms with Crippen LogP contribution in [0.2, 0.25) is 0 Å². The minimum absolute atomic E-state index is 0.169. The number of hydrogen-bond donors (Lipinski definition) is 0. The Morgan fingerprint density at radius 3 is 2.37 bits per heavy atom. The van der Waals surface area contributed by atoms with Crippen molar-refractivity contribution in [2.75, 3.05) is 19.8 Å². The van der Waals surface area contributed by atoms with Gasteiger partial charge in [-0.15, -0.1) is 0 Å². The van der Waals surface area contributed by atoms with Crippen molar-refractivity contribution in [2.24, 2.45) is 5.92 Å². The molecule has 0 aliphatic carbocycles. The first-order valence-corrected chi connectivity index (χ1v) is 6.93. The smallest absolute Gasteiger partial charge is 0.321 e. The van der Waals surface area contributed by atoms with Gasteiger partial charge in [0.25, 0.3) is 0 Å². The standard InChI is InChI=1S/C16H22O3/c1-4-19-15(17)16(10-18-11-16)14-7-5-13(6-8-14)9-12(2)3/h5-8,12H,4,9-11H2,1-3H3. The van der Waals surface area contributed by atoms with Gasteiger partial charge in [-0.3, -0.25) is 4.79 Å². The number of rotatable bonds is 5. The molecule has 0 saturated carbocycles. The van der Waals surface area contributed by atoms with Gasteiger partial charge in [-0.1, -0.05) is 38.1 Å². The second-order valence-electron chi connectivity index (χ2n) is 5.59. The molecule has 1 fully saturated rings. The molecule has 0 N–H and O–H groups in total. The molecule has 3 nitrogen and oxygen atoms in total. The first-order valence-electron chi connectivity index (χ1n) is 6.93. The average molecular weight is 262 g/mol. The summed E-state index contributed by atoms with van der Waals surface area (Å²) >= 11 is 0. The lowest BCUT2D eigenvalue weighted by atomic mass is 9.78. The van der Waals surface area contributed by atoms with E-state index < -0.39 is 5.41 Å². The molecule has 0 bridgehead atoms. The van der Waals surface area contributed by atoms with Gasteiger partial charge in [0.15, 0.2) is 0 Å². The first kappa shape index (κ1) is 14.1. The zero-order valence-electron chi connectivity index (χ0n) is 11.9. The Morgan fingerprint density at radius 2 is 1.95 bits per heavy atom. The van der Waals surface area contributed by atoms with E-state index >= 15 is 0 Å². The van der Waals surface area contributed by atoms with Gasteiger partial charge >= 0.3 is 5.97 Å². The van der Waals surface area contributed by atoms with E-state index in [1.54, 1.807) is 0 Å². The summed E-state index contributed by atoms with van der Waals surface area (Å²) in [6, 6.07) is 8.29. The van der Waals surface area contributed by atoms with Gasteiger partial charge in [0.05, 0.1) is 19.8 Å². The molecule has 104 valence electrons. The van der Waals surface area contributed by atoms with Crippen molar-refractivity contribution in [1.82, 2.24) is 0 Å². The van der Waals surface area contributed by atoms with Crippen molar-refractivity contribution in [3.8, 4) is 0 Å². The molecule has 0 atom stereocenters. The minimum Gasteiger partial charge on any atom is -0.465 e. The Hall–Kier alpha value is -1.35. The lowest BCUT2D eigenvalue weighted by molar-refractivity contribution is -0.169. The number of esters is 1. The van der Waals surface area contributed by atoms with Crippen LogP contribution in [0.15, 0.2) is 24.3 Å². The second kappa shape index (κ2) is 5.74. The summed E-state index contributed by atoms with van der Waals surface area (Å²) in [5, 5.41) is 0. The highest BCUT2D eigenvalue weighted by Gasteiger charge is 2.48. The largest absolute Gasteiger partial charge is 0.465 e. The van der Waals surface area contributed by atoms with Crippen LogP contribution in [0.1, 0.15) is 31.9 Å². The summed E-state index contributed by atoms with van der Waals surface area (Å²) in [5.41, 5.74) is 1.73. The number of hydrogen-bond acceptors (Lipinski definition) is 3. The van der Waals surface area contributed by atoms with Gasteiger partial charge in [-0.2, -0.15) is 0 Å². The van der Waals surface area contributed by atoms with Gasteiger partial charge in [-0.25, -0.2) is 0 Å². The first-order chi connectivity index (χ1) is 9.08. The number of benzene rings is 1. The van der Waals surface area contributed by atoms with Gasteiger partial charge in [-0.05, 0) is 30.4 Å². The number of ether oxygens (including phenoxy) is 2. The highest BCUT2D eigenvalue weighted by molar-refractivity contribution is 5.84. The Bertz CT molecular complexity index is 430. The second-order valence-corrected chi connectivity index (χ2v) is 5.59. The van der Waals surface area contributed by atoms with E-state index in [1.165, 1.54) is 5.56 Å². The van der Waals surface area contributed by atoms with E-state index in [9.17, 15) is 4.79 Å². The van der Waals surface area contributed by atoms with Crippen molar-refractivity contribution in [2.45, 2.75) is 32.6 Å². The molecule has 1 aromatic carbocycles. The van der Waals surface area contributed by atoms with Crippen molar-refractivity contribution in [3.63, 3.8) is 0 Å². The molecule has 1 aromatic rings. The molecule has 0 spiro atoms. The van der Waals surface area contributed by atoms with Gasteiger partial charge in [0.2, 0.25) is 0 Å². The van der Waals surface area contributed by atoms with Crippen LogP contribution in [-0.2, 0) is 26.1 Å². The molecule has 1 heterocycles. The monoisotopic (exact) mass is 262 g/mol. The van der Waals surface area contributed by atoms with Crippen LogP contribution in [0.25, 0.3) is 0 Å². The molecule has 2 rings (SSSR count). The molecule has 3 heteroatoms. The van der Waals surface area contributed by atoms with E-state index in [4.69, 9.17) is 9.47 Å². The van der Waals surface area contributed by atoms with Crippen LogP contribution in [0.3, 0.4) is 0 Å². The molecule has 19 heavy (non-hydrogen) atoms. The quantitative estimate of drug-likeness (QED) is 0.765. The zero-order chi connectivity index (χ0) is 13.9. The van der Waals surface area contributed by atoms with Crippen LogP contribution in [0, 0.1) is 5.92 Å². The van der Waals surface area contributed by atoms with Crippen LogP contribution in [-0.4, -0.2) is 25.8 Å². The van der Waals surface area contributed by atoms with E-state index in [-0.39, 0.29) is 5.97 Å². The van der Waals surface area contributed by atoms with E-state index in [0.717, 1.165) is 12.0 Å². The Morgan fingerprint density at radius 1 is 1.32 bits per heavy atom. The Kier molecular flexibility index (Phi) is 4.25. The predicted molar refractivity (Wildman–Crippen MR) is 74.1 cm³/mol. The van der Waals surface area contributed by atoms with E-state index in [2.05, 4.69) is 26.0 Å².